The average Bonchev–Trinajstić information content (AvgIpc) is 2.75. The van der Waals surface area contributed by atoms with Crippen molar-refractivity contribution in [2.24, 2.45) is 0 Å². The number of nitrogens with one attached hydrogen (secondary N) is 1. The molecule has 104 valence electrons. The summed E-state index contributed by atoms with van der Waals surface area (Å²) in [4.78, 5) is 14.4. The Morgan fingerprint density at radius 3 is 3.06 bits per heavy atom. The molecule has 2 saturated heterocycles. The first-order valence-corrected chi connectivity index (χ1v) is 6.91. The van der Waals surface area contributed by atoms with E-state index in [0.29, 0.717) is 0 Å². The minimum absolute atomic E-state index is 0.0782. The van der Waals surface area contributed by atoms with Gasteiger partial charge in [0.2, 0.25) is 5.91 Å². The van der Waals surface area contributed by atoms with Crippen LogP contribution in [0.25, 0.3) is 0 Å². The van der Waals surface area contributed by atoms with E-state index in [1.54, 1.807) is 7.11 Å². The van der Waals surface area contributed by atoms with Gasteiger partial charge < -0.3 is 19.7 Å². The highest BCUT2D eigenvalue weighted by Gasteiger charge is 2.33. The third-order valence-corrected chi connectivity index (χ3v) is 3.84. The quantitative estimate of drug-likeness (QED) is 0.793. The number of carbonyl (C=O) groups excluding carboxylic acids is 1. The zero-order valence-electron chi connectivity index (χ0n) is 11.4. The molecule has 0 spiro atoms. The second-order valence-electron chi connectivity index (χ2n) is 5.09. The standard InChI is InChI=1S/C13H24N2O3/c1-3-10-9-15(5-4-6-18-10)13(16)12-7-11(17-2)8-14-12/h10-12,14H,3-9H2,1-2H3. The molecule has 0 aromatic heterocycles. The second-order valence-corrected chi connectivity index (χ2v) is 5.09. The molecular weight excluding hydrogens is 232 g/mol. The van der Waals surface area contributed by atoms with Crippen LogP contribution in [0.1, 0.15) is 26.2 Å². The second kappa shape index (κ2) is 6.50. The van der Waals surface area contributed by atoms with Gasteiger partial charge in [-0.1, -0.05) is 6.92 Å². The van der Waals surface area contributed by atoms with Crippen molar-refractivity contribution < 1.29 is 14.3 Å². The van der Waals surface area contributed by atoms with Crippen molar-refractivity contribution in [1.29, 1.82) is 0 Å². The molecule has 2 rings (SSSR count). The van der Waals surface area contributed by atoms with E-state index in [1.807, 2.05) is 4.90 Å². The van der Waals surface area contributed by atoms with Crippen LogP contribution in [0.15, 0.2) is 0 Å². The summed E-state index contributed by atoms with van der Waals surface area (Å²) in [5.74, 6) is 0.207. The molecule has 0 aromatic carbocycles. The molecule has 3 atom stereocenters. The summed E-state index contributed by atoms with van der Waals surface area (Å²) in [7, 11) is 1.70. The number of carbonyl (C=O) groups is 1. The first-order chi connectivity index (χ1) is 8.74. The van der Waals surface area contributed by atoms with Crippen LogP contribution in [0.2, 0.25) is 0 Å². The molecule has 0 bridgehead atoms. The molecule has 5 heteroatoms. The van der Waals surface area contributed by atoms with Crippen molar-refractivity contribution in [2.45, 2.75) is 44.4 Å². The molecule has 3 unspecified atom stereocenters. The van der Waals surface area contributed by atoms with Crippen LogP contribution in [-0.2, 0) is 14.3 Å². The summed E-state index contributed by atoms with van der Waals surface area (Å²) in [5.41, 5.74) is 0. The van der Waals surface area contributed by atoms with E-state index in [1.165, 1.54) is 0 Å². The van der Waals surface area contributed by atoms with Gasteiger partial charge in [-0.15, -0.1) is 0 Å². The molecule has 2 heterocycles. The maximum absolute atomic E-state index is 12.4. The van der Waals surface area contributed by atoms with Gasteiger partial charge in [-0.3, -0.25) is 4.79 Å². The summed E-state index contributed by atoms with van der Waals surface area (Å²) in [6.45, 7) is 5.18. The molecule has 1 amide bonds. The normalized spacial score (nSPS) is 33.4. The fourth-order valence-corrected chi connectivity index (χ4v) is 2.63. The number of nitrogens with zero attached hydrogens (tertiary/aromatic N) is 1. The molecular formula is C13H24N2O3. The van der Waals surface area contributed by atoms with E-state index in [0.717, 1.165) is 45.5 Å². The maximum atomic E-state index is 12.4. The first kappa shape index (κ1) is 13.8. The first-order valence-electron chi connectivity index (χ1n) is 6.91. The lowest BCUT2D eigenvalue weighted by Crippen LogP contribution is -2.46. The highest BCUT2D eigenvalue weighted by atomic mass is 16.5. The van der Waals surface area contributed by atoms with Crippen molar-refractivity contribution >= 4 is 5.91 Å². The Balaban J connectivity index is 1.91. The number of methoxy groups -OCH3 is 1. The number of hydrogen-bond acceptors (Lipinski definition) is 4. The van der Waals surface area contributed by atoms with Crippen molar-refractivity contribution in [3.63, 3.8) is 0 Å². The van der Waals surface area contributed by atoms with Gasteiger partial charge in [-0.2, -0.15) is 0 Å². The smallest absolute Gasteiger partial charge is 0.239 e. The number of amides is 1. The molecule has 1 N–H and O–H groups in total. The third-order valence-electron chi connectivity index (χ3n) is 3.84. The average molecular weight is 256 g/mol. The Bertz CT molecular complexity index is 285. The molecule has 2 aliphatic rings. The van der Waals surface area contributed by atoms with E-state index in [2.05, 4.69) is 12.2 Å². The van der Waals surface area contributed by atoms with Crippen LogP contribution in [0, 0.1) is 0 Å². The van der Waals surface area contributed by atoms with Crippen molar-refractivity contribution in [3.8, 4) is 0 Å². The fourth-order valence-electron chi connectivity index (χ4n) is 2.63. The van der Waals surface area contributed by atoms with Gasteiger partial charge in [0.05, 0.1) is 18.2 Å². The van der Waals surface area contributed by atoms with E-state index in [9.17, 15) is 4.79 Å². The summed E-state index contributed by atoms with van der Waals surface area (Å²) < 4.78 is 11.0. The predicted molar refractivity (Wildman–Crippen MR) is 68.4 cm³/mol. The number of rotatable bonds is 3. The molecule has 18 heavy (non-hydrogen) atoms. The third kappa shape index (κ3) is 3.22. The van der Waals surface area contributed by atoms with Gasteiger partial charge in [0.1, 0.15) is 0 Å². The van der Waals surface area contributed by atoms with E-state index >= 15 is 0 Å². The van der Waals surface area contributed by atoms with Gasteiger partial charge >= 0.3 is 0 Å². The SMILES string of the molecule is CCC1CN(C(=O)C2CC(OC)CN2)CCCO1. The maximum Gasteiger partial charge on any atom is 0.239 e. The number of hydrogen-bond donors (Lipinski definition) is 1. The van der Waals surface area contributed by atoms with Crippen LogP contribution in [0.5, 0.6) is 0 Å². The Morgan fingerprint density at radius 1 is 1.56 bits per heavy atom. The largest absolute Gasteiger partial charge is 0.380 e. The lowest BCUT2D eigenvalue weighted by molar-refractivity contribution is -0.134. The highest BCUT2D eigenvalue weighted by molar-refractivity contribution is 5.82. The van der Waals surface area contributed by atoms with Gasteiger partial charge in [-0.25, -0.2) is 0 Å². The van der Waals surface area contributed by atoms with Crippen LogP contribution < -0.4 is 5.32 Å². The minimum Gasteiger partial charge on any atom is -0.380 e. The highest BCUT2D eigenvalue weighted by Crippen LogP contribution is 2.15. The molecule has 5 nitrogen and oxygen atoms in total. The number of ether oxygens (including phenoxy) is 2. The van der Waals surface area contributed by atoms with E-state index in [-0.39, 0.29) is 24.2 Å². The van der Waals surface area contributed by atoms with Gasteiger partial charge in [0.15, 0.2) is 0 Å². The summed E-state index contributed by atoms with van der Waals surface area (Å²) in [6.07, 6.45) is 3.04. The summed E-state index contributed by atoms with van der Waals surface area (Å²) >= 11 is 0. The van der Waals surface area contributed by atoms with E-state index < -0.39 is 0 Å². The molecule has 0 aliphatic carbocycles. The zero-order valence-corrected chi connectivity index (χ0v) is 11.4. The lowest BCUT2D eigenvalue weighted by atomic mass is 10.1. The molecule has 0 aromatic rings. The Labute approximate surface area is 109 Å². The van der Waals surface area contributed by atoms with Crippen LogP contribution in [0.3, 0.4) is 0 Å². The van der Waals surface area contributed by atoms with Crippen molar-refractivity contribution in [3.05, 3.63) is 0 Å². The predicted octanol–water partition coefficient (Wildman–Crippen LogP) is 0.391. The summed E-state index contributed by atoms with van der Waals surface area (Å²) in [6, 6.07) is -0.0782. The molecule has 2 fully saturated rings. The minimum atomic E-state index is -0.0782. The van der Waals surface area contributed by atoms with Crippen molar-refractivity contribution in [2.75, 3.05) is 33.4 Å². The molecule has 2 aliphatic heterocycles. The van der Waals surface area contributed by atoms with E-state index in [4.69, 9.17) is 9.47 Å². The molecule has 0 radical (unpaired) electrons. The van der Waals surface area contributed by atoms with Crippen molar-refractivity contribution in [1.82, 2.24) is 10.2 Å². The van der Waals surface area contributed by atoms with Crippen LogP contribution in [0.4, 0.5) is 0 Å². The molecule has 0 saturated carbocycles. The fraction of sp³-hybridized carbons (Fsp3) is 0.923. The Morgan fingerprint density at radius 2 is 2.39 bits per heavy atom. The van der Waals surface area contributed by atoms with Crippen LogP contribution in [-0.4, -0.2) is 62.4 Å². The Hall–Kier alpha value is -0.650. The topological polar surface area (TPSA) is 50.8 Å². The van der Waals surface area contributed by atoms with Gasteiger partial charge in [-0.05, 0) is 19.3 Å². The van der Waals surface area contributed by atoms with Gasteiger partial charge in [0, 0.05) is 33.4 Å². The monoisotopic (exact) mass is 256 g/mol. The lowest BCUT2D eigenvalue weighted by Gasteiger charge is -2.26. The van der Waals surface area contributed by atoms with Gasteiger partial charge in [0.25, 0.3) is 0 Å². The van der Waals surface area contributed by atoms with Crippen LogP contribution >= 0.6 is 0 Å². The summed E-state index contributed by atoms with van der Waals surface area (Å²) in [5, 5.41) is 3.25. The zero-order chi connectivity index (χ0) is 13.0. The Kier molecular flexibility index (Phi) is 4.97.